The van der Waals surface area contributed by atoms with Crippen molar-refractivity contribution in [2.75, 3.05) is 46.4 Å². The van der Waals surface area contributed by atoms with Crippen LogP contribution in [-0.2, 0) is 25.0 Å². The summed E-state index contributed by atoms with van der Waals surface area (Å²) in [4.78, 5) is 0. The van der Waals surface area contributed by atoms with E-state index in [-0.39, 0.29) is 12.6 Å². The second kappa shape index (κ2) is 7.32. The molecule has 2 aliphatic heterocycles. The normalized spacial score (nSPS) is 26.0. The zero-order valence-corrected chi connectivity index (χ0v) is 15.6. The average molecular weight is 370 g/mol. The van der Waals surface area contributed by atoms with Crippen LogP contribution in [0.3, 0.4) is 0 Å². The highest BCUT2D eigenvalue weighted by molar-refractivity contribution is 7.90. The fourth-order valence-corrected chi connectivity index (χ4v) is 6.45. The van der Waals surface area contributed by atoms with Crippen LogP contribution in [0.5, 0.6) is 0 Å². The second-order valence-electron chi connectivity index (χ2n) is 6.30. The highest BCUT2D eigenvalue weighted by atomic mass is 32.2. The first-order valence-corrected chi connectivity index (χ1v) is 10.9. The molecule has 23 heavy (non-hydrogen) atoms. The Bertz CT molecular complexity index is 599. The van der Waals surface area contributed by atoms with Crippen LogP contribution in [0.1, 0.15) is 26.7 Å². The molecule has 10 heteroatoms. The minimum Gasteiger partial charge on any atom is -0.379 e. The van der Waals surface area contributed by atoms with Crippen molar-refractivity contribution in [3.63, 3.8) is 0 Å². The predicted octanol–water partition coefficient (Wildman–Crippen LogP) is -0.302. The van der Waals surface area contributed by atoms with E-state index in [1.165, 1.54) is 20.0 Å². The van der Waals surface area contributed by atoms with Crippen LogP contribution in [0.25, 0.3) is 0 Å². The van der Waals surface area contributed by atoms with Gasteiger partial charge >= 0.3 is 0 Å². The van der Waals surface area contributed by atoms with E-state index in [9.17, 15) is 16.8 Å². The lowest BCUT2D eigenvalue weighted by Gasteiger charge is -2.37. The molecule has 2 saturated heterocycles. The van der Waals surface area contributed by atoms with Gasteiger partial charge in [-0.1, -0.05) is 0 Å². The minimum atomic E-state index is -3.63. The summed E-state index contributed by atoms with van der Waals surface area (Å²) in [7, 11) is -5.59. The summed E-state index contributed by atoms with van der Waals surface area (Å²) >= 11 is 0. The van der Waals surface area contributed by atoms with Gasteiger partial charge in [0, 0.05) is 39.3 Å². The van der Waals surface area contributed by atoms with Crippen molar-refractivity contribution < 1.29 is 21.6 Å². The number of ether oxygens (including phenoxy) is 1. The molecular formula is C13H27N3O5S2. The van der Waals surface area contributed by atoms with Gasteiger partial charge in [-0.05, 0) is 26.7 Å². The largest absolute Gasteiger partial charge is 0.379 e. The maximum atomic E-state index is 12.8. The van der Waals surface area contributed by atoms with E-state index in [4.69, 9.17) is 4.74 Å². The molecule has 0 aliphatic carbocycles. The Morgan fingerprint density at radius 2 is 1.65 bits per heavy atom. The van der Waals surface area contributed by atoms with Crippen LogP contribution in [0.4, 0.5) is 0 Å². The van der Waals surface area contributed by atoms with Gasteiger partial charge in [0.1, 0.15) is 0 Å². The van der Waals surface area contributed by atoms with E-state index < -0.39 is 25.5 Å². The Morgan fingerprint density at radius 1 is 1.04 bits per heavy atom. The van der Waals surface area contributed by atoms with Crippen molar-refractivity contribution in [3.05, 3.63) is 0 Å². The molecule has 136 valence electrons. The summed E-state index contributed by atoms with van der Waals surface area (Å²) in [5.74, 6) is 0. The predicted molar refractivity (Wildman–Crippen MR) is 87.7 cm³/mol. The number of morpholine rings is 1. The van der Waals surface area contributed by atoms with Crippen LogP contribution in [0.15, 0.2) is 0 Å². The second-order valence-corrected chi connectivity index (χ2v) is 10.5. The van der Waals surface area contributed by atoms with Crippen molar-refractivity contribution in [3.8, 4) is 0 Å². The molecule has 2 rings (SSSR count). The molecular weight excluding hydrogens is 342 g/mol. The van der Waals surface area contributed by atoms with Crippen molar-refractivity contribution in [2.45, 2.75) is 38.0 Å². The van der Waals surface area contributed by atoms with Crippen molar-refractivity contribution in [1.82, 2.24) is 12.9 Å². The highest BCUT2D eigenvalue weighted by Crippen LogP contribution is 2.24. The molecule has 0 saturated carbocycles. The molecule has 0 aromatic rings. The molecule has 8 nitrogen and oxygen atoms in total. The van der Waals surface area contributed by atoms with Gasteiger partial charge < -0.3 is 4.74 Å². The molecule has 0 aromatic heterocycles. The number of hydrogen-bond donors (Lipinski definition) is 0. The molecule has 2 aliphatic rings. The van der Waals surface area contributed by atoms with Gasteiger partial charge in [0.15, 0.2) is 0 Å². The number of nitrogens with zero attached hydrogens (tertiary/aromatic N) is 3. The summed E-state index contributed by atoms with van der Waals surface area (Å²) in [5.41, 5.74) is 0. The summed E-state index contributed by atoms with van der Waals surface area (Å²) < 4.78 is 59.9. The van der Waals surface area contributed by atoms with E-state index in [0.717, 1.165) is 0 Å². The number of rotatable bonds is 5. The van der Waals surface area contributed by atoms with Gasteiger partial charge in [-0.3, -0.25) is 0 Å². The molecule has 2 heterocycles. The van der Waals surface area contributed by atoms with Gasteiger partial charge in [-0.2, -0.15) is 21.3 Å². The first-order chi connectivity index (χ1) is 10.7. The highest BCUT2D eigenvalue weighted by Gasteiger charge is 2.40. The number of sulfonamides is 1. The fourth-order valence-electron chi connectivity index (χ4n) is 2.82. The smallest absolute Gasteiger partial charge is 0.281 e. The number of hydrogen-bond acceptors (Lipinski definition) is 5. The van der Waals surface area contributed by atoms with E-state index in [1.54, 1.807) is 13.8 Å². The molecule has 0 N–H and O–H groups in total. The van der Waals surface area contributed by atoms with Gasteiger partial charge in [0.2, 0.25) is 10.0 Å². The van der Waals surface area contributed by atoms with Gasteiger partial charge in [0.25, 0.3) is 10.2 Å². The summed E-state index contributed by atoms with van der Waals surface area (Å²) in [5, 5.41) is -0.676. The van der Waals surface area contributed by atoms with Crippen LogP contribution < -0.4 is 0 Å². The Hall–Kier alpha value is -0.260. The third-order valence-corrected chi connectivity index (χ3v) is 8.96. The maximum absolute atomic E-state index is 12.8. The average Bonchev–Trinajstić information content (AvgIpc) is 2.55. The Balaban J connectivity index is 2.14. The Morgan fingerprint density at radius 3 is 2.22 bits per heavy atom. The molecule has 0 radical (unpaired) electrons. The van der Waals surface area contributed by atoms with Crippen molar-refractivity contribution in [1.29, 1.82) is 0 Å². The van der Waals surface area contributed by atoms with E-state index >= 15 is 0 Å². The van der Waals surface area contributed by atoms with Crippen LogP contribution in [-0.4, -0.2) is 87.5 Å². The van der Waals surface area contributed by atoms with E-state index in [2.05, 4.69) is 0 Å². The van der Waals surface area contributed by atoms with Gasteiger partial charge in [0.05, 0.1) is 18.5 Å². The standard InChI is InChI=1S/C13H27N3O5S2/c1-12(2)14(3)23(19,20)16-6-4-5-13(11-16)22(17,18)15-7-9-21-10-8-15/h12-13H,4-11H2,1-3H3/t13-/m1/s1. The molecule has 1 atom stereocenters. The van der Waals surface area contributed by atoms with E-state index in [0.29, 0.717) is 45.7 Å². The van der Waals surface area contributed by atoms with E-state index in [1.807, 2.05) is 0 Å². The Kier molecular flexibility index (Phi) is 6.07. The van der Waals surface area contributed by atoms with Crippen LogP contribution >= 0.6 is 0 Å². The maximum Gasteiger partial charge on any atom is 0.281 e. The van der Waals surface area contributed by atoms with Crippen LogP contribution in [0, 0.1) is 0 Å². The lowest BCUT2D eigenvalue weighted by molar-refractivity contribution is 0.0722. The first kappa shape index (κ1) is 19.1. The summed E-state index contributed by atoms with van der Waals surface area (Å²) in [6.07, 6.45) is 1.05. The molecule has 0 spiro atoms. The van der Waals surface area contributed by atoms with Gasteiger partial charge in [-0.25, -0.2) is 8.42 Å². The Labute approximate surface area is 139 Å². The topological polar surface area (TPSA) is 87.2 Å². The van der Waals surface area contributed by atoms with Gasteiger partial charge in [-0.15, -0.1) is 0 Å². The minimum absolute atomic E-state index is 0.0269. The lowest BCUT2D eigenvalue weighted by Crippen LogP contribution is -2.54. The number of piperidine rings is 1. The molecule has 0 unspecified atom stereocenters. The third-order valence-electron chi connectivity index (χ3n) is 4.51. The van der Waals surface area contributed by atoms with Crippen LogP contribution in [0.2, 0.25) is 0 Å². The molecule has 2 fully saturated rings. The van der Waals surface area contributed by atoms with Crippen molar-refractivity contribution >= 4 is 20.2 Å². The molecule has 0 bridgehead atoms. The van der Waals surface area contributed by atoms with Crippen molar-refractivity contribution in [2.24, 2.45) is 0 Å². The first-order valence-electron chi connectivity index (χ1n) is 7.97. The third kappa shape index (κ3) is 4.05. The zero-order chi connectivity index (χ0) is 17.3. The zero-order valence-electron chi connectivity index (χ0n) is 14.0. The quantitative estimate of drug-likeness (QED) is 0.664. The molecule has 0 amide bonds. The fraction of sp³-hybridized carbons (Fsp3) is 1.00. The monoisotopic (exact) mass is 369 g/mol. The SMILES string of the molecule is CC(C)N(C)S(=O)(=O)N1CCC[C@@H](S(=O)(=O)N2CCOCC2)C1. The lowest BCUT2D eigenvalue weighted by atomic mass is 10.2. The summed E-state index contributed by atoms with van der Waals surface area (Å²) in [6, 6.07) is -0.170. The molecule has 0 aromatic carbocycles. The summed E-state index contributed by atoms with van der Waals surface area (Å²) in [6.45, 7) is 5.46.